The Hall–Kier alpha value is -4.61. The molecule has 1 aliphatic rings. The number of aliphatic hydroxyl groups excluding tert-OH is 1. The fraction of sp³-hybridized carbons (Fsp3) is 0.207. The van der Waals surface area contributed by atoms with E-state index < -0.39 is 29.4 Å². The van der Waals surface area contributed by atoms with Gasteiger partial charge in [0.2, 0.25) is 0 Å². The molecule has 40 heavy (non-hydrogen) atoms. The van der Waals surface area contributed by atoms with E-state index in [0.717, 1.165) is 29.1 Å². The van der Waals surface area contributed by atoms with Crippen molar-refractivity contribution in [1.29, 1.82) is 0 Å². The van der Waals surface area contributed by atoms with Crippen LogP contribution < -0.4 is 20.9 Å². The first-order valence-electron chi connectivity index (χ1n) is 12.5. The lowest BCUT2D eigenvalue weighted by Crippen LogP contribution is -2.32. The molecule has 4 aromatic rings. The van der Waals surface area contributed by atoms with Gasteiger partial charge in [-0.1, -0.05) is 18.2 Å². The summed E-state index contributed by atoms with van der Waals surface area (Å²) in [6, 6.07) is 15.5. The van der Waals surface area contributed by atoms with Gasteiger partial charge in [0, 0.05) is 37.0 Å². The van der Waals surface area contributed by atoms with Crippen LogP contribution in [0.2, 0.25) is 0 Å². The van der Waals surface area contributed by atoms with Gasteiger partial charge in [-0.2, -0.15) is 0 Å². The highest BCUT2D eigenvalue weighted by molar-refractivity contribution is 5.93. The van der Waals surface area contributed by atoms with Gasteiger partial charge in [0.25, 0.3) is 11.5 Å². The van der Waals surface area contributed by atoms with Crippen LogP contribution in [0.1, 0.15) is 38.5 Å². The standard InChI is InChI=1S/C29H26F2N4O5/c30-24-6-5-17(11-25(24)31)15-35-8-2-4-22(29(35)39)28(38)34-13-18-9-19(12-20(10-18)40-16-26(36)37)23-14-33-27-21(23)3-1-7-32-27/h1-12,23,26,36-37H,13-16H2,(H,32,33)(H,34,38). The minimum absolute atomic E-state index is 0.0393. The first-order chi connectivity index (χ1) is 19.3. The molecule has 1 aliphatic heterocycles. The number of rotatable bonds is 9. The van der Waals surface area contributed by atoms with E-state index in [2.05, 4.69) is 15.6 Å². The number of hydrogen-bond acceptors (Lipinski definition) is 7. The summed E-state index contributed by atoms with van der Waals surface area (Å²) in [6.45, 7) is 0.286. The van der Waals surface area contributed by atoms with Gasteiger partial charge >= 0.3 is 0 Å². The van der Waals surface area contributed by atoms with E-state index in [1.54, 1.807) is 18.3 Å². The minimum atomic E-state index is -1.66. The Bertz CT molecular complexity index is 1610. The Balaban J connectivity index is 1.35. The number of nitrogens with one attached hydrogen (secondary N) is 2. The molecular weight excluding hydrogens is 522 g/mol. The van der Waals surface area contributed by atoms with Crippen LogP contribution in [0.15, 0.2) is 77.9 Å². The van der Waals surface area contributed by atoms with Crippen molar-refractivity contribution in [2.24, 2.45) is 0 Å². The van der Waals surface area contributed by atoms with E-state index in [0.29, 0.717) is 23.4 Å². The van der Waals surface area contributed by atoms with Crippen LogP contribution in [-0.4, -0.2) is 45.1 Å². The number of benzene rings is 2. The van der Waals surface area contributed by atoms with Crippen molar-refractivity contribution in [1.82, 2.24) is 14.9 Å². The van der Waals surface area contributed by atoms with E-state index >= 15 is 0 Å². The van der Waals surface area contributed by atoms with Crippen molar-refractivity contribution in [2.45, 2.75) is 25.3 Å². The van der Waals surface area contributed by atoms with E-state index in [4.69, 9.17) is 4.74 Å². The lowest BCUT2D eigenvalue weighted by atomic mass is 9.92. The molecule has 0 saturated heterocycles. The summed E-state index contributed by atoms with van der Waals surface area (Å²) in [5.74, 6) is -1.49. The Morgan fingerprint density at radius 3 is 2.75 bits per heavy atom. The van der Waals surface area contributed by atoms with Crippen molar-refractivity contribution in [3.05, 3.63) is 123 Å². The first-order valence-corrected chi connectivity index (χ1v) is 12.5. The zero-order valence-electron chi connectivity index (χ0n) is 21.2. The number of aromatic nitrogens is 2. The molecule has 9 nitrogen and oxygen atoms in total. The molecule has 2 aromatic heterocycles. The second-order valence-corrected chi connectivity index (χ2v) is 9.36. The number of carbonyl (C=O) groups is 1. The summed E-state index contributed by atoms with van der Waals surface area (Å²) in [4.78, 5) is 30.3. The van der Waals surface area contributed by atoms with Crippen molar-refractivity contribution in [3.8, 4) is 5.75 Å². The number of pyridine rings is 2. The Morgan fingerprint density at radius 1 is 1.10 bits per heavy atom. The van der Waals surface area contributed by atoms with Crippen molar-refractivity contribution < 1.29 is 28.5 Å². The number of carbonyl (C=O) groups excluding carboxylic acids is 1. The van der Waals surface area contributed by atoms with Crippen LogP contribution >= 0.6 is 0 Å². The number of nitrogens with zero attached hydrogens (tertiary/aromatic N) is 2. The number of halogens is 2. The molecule has 0 spiro atoms. The van der Waals surface area contributed by atoms with E-state index in [-0.39, 0.29) is 31.2 Å². The minimum Gasteiger partial charge on any atom is -0.488 e. The topological polar surface area (TPSA) is 126 Å². The largest absolute Gasteiger partial charge is 0.488 e. The molecule has 0 aliphatic carbocycles. The maximum Gasteiger partial charge on any atom is 0.263 e. The number of amides is 1. The molecule has 1 amide bonds. The lowest BCUT2D eigenvalue weighted by molar-refractivity contribution is -0.0680. The highest BCUT2D eigenvalue weighted by Crippen LogP contribution is 2.36. The average Bonchev–Trinajstić information content (AvgIpc) is 3.38. The Morgan fingerprint density at radius 2 is 1.95 bits per heavy atom. The molecule has 1 atom stereocenters. The summed E-state index contributed by atoms with van der Waals surface area (Å²) < 4.78 is 33.6. The smallest absolute Gasteiger partial charge is 0.263 e. The summed E-state index contributed by atoms with van der Waals surface area (Å²) >= 11 is 0. The fourth-order valence-corrected chi connectivity index (χ4v) is 4.64. The third-order valence-corrected chi connectivity index (χ3v) is 6.53. The van der Waals surface area contributed by atoms with Gasteiger partial charge in [0.05, 0.1) is 6.54 Å². The van der Waals surface area contributed by atoms with Crippen LogP contribution in [0.25, 0.3) is 0 Å². The predicted molar refractivity (Wildman–Crippen MR) is 142 cm³/mol. The predicted octanol–water partition coefficient (Wildman–Crippen LogP) is 2.75. The number of hydrogen-bond donors (Lipinski definition) is 4. The average molecular weight is 549 g/mol. The van der Waals surface area contributed by atoms with Gasteiger partial charge in [-0.3, -0.25) is 9.59 Å². The van der Waals surface area contributed by atoms with Gasteiger partial charge in [0.1, 0.15) is 23.7 Å². The molecule has 0 fully saturated rings. The third kappa shape index (κ3) is 6.00. The molecule has 2 aromatic carbocycles. The molecule has 0 saturated carbocycles. The van der Waals surface area contributed by atoms with Gasteiger partial charge in [-0.05, 0) is 59.2 Å². The normalized spacial score (nSPS) is 14.1. The molecule has 4 N–H and O–H groups in total. The van der Waals surface area contributed by atoms with Gasteiger partial charge in [-0.25, -0.2) is 13.8 Å². The van der Waals surface area contributed by atoms with E-state index in [1.807, 2.05) is 18.2 Å². The molecular formula is C29H26F2N4O5. The first kappa shape index (κ1) is 27.0. The number of aliphatic hydroxyl groups is 2. The molecule has 0 radical (unpaired) electrons. The monoisotopic (exact) mass is 548 g/mol. The summed E-state index contributed by atoms with van der Waals surface area (Å²) in [6.07, 6.45) is 1.51. The molecule has 11 heteroatoms. The second-order valence-electron chi connectivity index (χ2n) is 9.36. The number of fused-ring (bicyclic) bond motifs is 1. The Kier molecular flexibility index (Phi) is 7.85. The van der Waals surface area contributed by atoms with Gasteiger partial charge in [0.15, 0.2) is 17.9 Å². The summed E-state index contributed by atoms with van der Waals surface area (Å²) in [7, 11) is 0. The quantitative estimate of drug-likeness (QED) is 0.237. The maximum atomic E-state index is 13.6. The number of anilines is 1. The highest BCUT2D eigenvalue weighted by Gasteiger charge is 2.25. The third-order valence-electron chi connectivity index (χ3n) is 6.53. The highest BCUT2D eigenvalue weighted by atomic mass is 19.2. The zero-order valence-corrected chi connectivity index (χ0v) is 21.2. The zero-order chi connectivity index (χ0) is 28.2. The lowest BCUT2D eigenvalue weighted by Gasteiger charge is -2.16. The van der Waals surface area contributed by atoms with Crippen molar-refractivity contribution >= 4 is 11.7 Å². The van der Waals surface area contributed by atoms with Crippen LogP contribution in [0.4, 0.5) is 14.6 Å². The molecule has 0 bridgehead atoms. The summed E-state index contributed by atoms with van der Waals surface area (Å²) in [5, 5.41) is 24.5. The van der Waals surface area contributed by atoms with Gasteiger partial charge in [-0.15, -0.1) is 0 Å². The van der Waals surface area contributed by atoms with Gasteiger partial charge < -0.3 is 30.2 Å². The molecule has 206 valence electrons. The summed E-state index contributed by atoms with van der Waals surface area (Å²) in [5.41, 5.74) is 2.23. The second kappa shape index (κ2) is 11.6. The van der Waals surface area contributed by atoms with E-state index in [9.17, 15) is 28.6 Å². The van der Waals surface area contributed by atoms with Crippen LogP contribution in [0, 0.1) is 11.6 Å². The molecule has 3 heterocycles. The SMILES string of the molecule is O=C(NCc1cc(OCC(O)O)cc(C2CNc3ncccc32)c1)c1cccn(Cc2ccc(F)c(F)c2)c1=O. The van der Waals surface area contributed by atoms with Crippen molar-refractivity contribution in [2.75, 3.05) is 18.5 Å². The molecule has 1 unspecified atom stereocenters. The van der Waals surface area contributed by atoms with Crippen LogP contribution in [-0.2, 0) is 13.1 Å². The van der Waals surface area contributed by atoms with E-state index in [1.165, 1.54) is 29.0 Å². The van der Waals surface area contributed by atoms with Crippen LogP contribution in [0.5, 0.6) is 5.75 Å². The Labute approximate surface area is 227 Å². The molecule has 5 rings (SSSR count). The fourth-order valence-electron chi connectivity index (χ4n) is 4.64. The van der Waals surface area contributed by atoms with Crippen LogP contribution in [0.3, 0.4) is 0 Å². The van der Waals surface area contributed by atoms with Crippen molar-refractivity contribution in [3.63, 3.8) is 0 Å². The number of ether oxygens (including phenoxy) is 1. The maximum absolute atomic E-state index is 13.6.